The topological polar surface area (TPSA) is 47.6 Å². The van der Waals surface area contributed by atoms with Crippen molar-refractivity contribution in [2.75, 3.05) is 25.6 Å². The van der Waals surface area contributed by atoms with Gasteiger partial charge in [-0.3, -0.25) is 0 Å². The zero-order valence-corrected chi connectivity index (χ0v) is 15.8. The van der Waals surface area contributed by atoms with Gasteiger partial charge in [0, 0.05) is 11.9 Å². The maximum atomic E-state index is 11.9. The zero-order valence-electron chi connectivity index (χ0n) is 15.8. The van der Waals surface area contributed by atoms with Crippen molar-refractivity contribution in [3.63, 3.8) is 0 Å². The van der Waals surface area contributed by atoms with Gasteiger partial charge < -0.3 is 14.8 Å². The van der Waals surface area contributed by atoms with E-state index in [-0.39, 0.29) is 5.97 Å². The van der Waals surface area contributed by atoms with E-state index in [0.29, 0.717) is 12.2 Å². The highest BCUT2D eigenvalue weighted by Crippen LogP contribution is 2.25. The van der Waals surface area contributed by atoms with E-state index in [4.69, 9.17) is 9.47 Å². The van der Waals surface area contributed by atoms with Gasteiger partial charge in [-0.1, -0.05) is 48.5 Å². The molecular formula is C23H25NO3. The molecule has 0 radical (unpaired) electrons. The predicted octanol–water partition coefficient (Wildman–Crippen LogP) is 5.21. The second-order valence-corrected chi connectivity index (χ2v) is 6.45. The number of hydrogen-bond acceptors (Lipinski definition) is 4. The minimum Gasteiger partial charge on any atom is -0.493 e. The Hall–Kier alpha value is -3.01. The molecule has 4 heteroatoms. The minimum absolute atomic E-state index is 0.319. The zero-order chi connectivity index (χ0) is 19.1. The lowest BCUT2D eigenvalue weighted by molar-refractivity contribution is 0.0601. The fourth-order valence-corrected chi connectivity index (χ4v) is 3.13. The van der Waals surface area contributed by atoms with E-state index < -0.39 is 0 Å². The first-order chi connectivity index (χ1) is 13.2. The monoisotopic (exact) mass is 363 g/mol. The Morgan fingerprint density at radius 1 is 0.963 bits per heavy atom. The lowest BCUT2D eigenvalue weighted by Crippen LogP contribution is -2.11. The Bertz CT molecular complexity index is 915. The summed E-state index contributed by atoms with van der Waals surface area (Å²) in [6.07, 6.45) is 1.87. The molecule has 4 nitrogen and oxygen atoms in total. The molecule has 27 heavy (non-hydrogen) atoms. The van der Waals surface area contributed by atoms with E-state index >= 15 is 0 Å². The van der Waals surface area contributed by atoms with Gasteiger partial charge in [0.05, 0.1) is 25.0 Å². The summed E-state index contributed by atoms with van der Waals surface area (Å²) >= 11 is 0. The number of aryl methyl sites for hydroxylation is 1. The summed E-state index contributed by atoms with van der Waals surface area (Å²) < 4.78 is 10.8. The van der Waals surface area contributed by atoms with Crippen LogP contribution in [-0.2, 0) is 4.74 Å². The Labute approximate surface area is 160 Å². The first-order valence-corrected chi connectivity index (χ1v) is 9.23. The Morgan fingerprint density at radius 2 is 1.74 bits per heavy atom. The summed E-state index contributed by atoms with van der Waals surface area (Å²) in [5.74, 6) is 0.605. The van der Waals surface area contributed by atoms with Crippen LogP contribution in [0.4, 0.5) is 5.69 Å². The molecule has 0 aromatic heterocycles. The van der Waals surface area contributed by atoms with Gasteiger partial charge in [0.15, 0.2) is 0 Å². The number of nitrogens with one attached hydrogen (secondary N) is 1. The summed E-state index contributed by atoms with van der Waals surface area (Å²) in [5, 5.41) is 5.69. The van der Waals surface area contributed by atoms with Gasteiger partial charge in [-0.05, 0) is 42.8 Å². The van der Waals surface area contributed by atoms with Gasteiger partial charge in [0.25, 0.3) is 0 Å². The molecule has 0 aliphatic rings. The lowest BCUT2D eigenvalue weighted by atomic mass is 10.1. The number of fused-ring (bicyclic) bond motifs is 1. The molecule has 0 amide bonds. The first kappa shape index (κ1) is 18.8. The van der Waals surface area contributed by atoms with Crippen LogP contribution in [0.1, 0.15) is 28.8 Å². The molecule has 3 aromatic rings. The van der Waals surface area contributed by atoms with Crippen molar-refractivity contribution in [2.45, 2.75) is 19.8 Å². The summed E-state index contributed by atoms with van der Waals surface area (Å²) in [5.41, 5.74) is 2.45. The van der Waals surface area contributed by atoms with E-state index in [1.165, 1.54) is 12.5 Å². The molecule has 3 aromatic carbocycles. The number of carbonyl (C=O) groups is 1. The van der Waals surface area contributed by atoms with Crippen molar-refractivity contribution in [3.8, 4) is 5.75 Å². The van der Waals surface area contributed by atoms with E-state index in [1.54, 1.807) is 6.07 Å². The van der Waals surface area contributed by atoms with Gasteiger partial charge in [-0.25, -0.2) is 4.79 Å². The molecule has 0 unspecified atom stereocenters. The molecule has 3 rings (SSSR count). The van der Waals surface area contributed by atoms with Crippen molar-refractivity contribution in [1.29, 1.82) is 0 Å². The molecule has 0 bridgehead atoms. The van der Waals surface area contributed by atoms with Crippen LogP contribution in [0, 0.1) is 6.92 Å². The summed E-state index contributed by atoms with van der Waals surface area (Å²) in [7, 11) is 1.40. The van der Waals surface area contributed by atoms with Crippen molar-refractivity contribution in [1.82, 2.24) is 0 Å². The van der Waals surface area contributed by atoms with Crippen molar-refractivity contribution in [2.24, 2.45) is 0 Å². The van der Waals surface area contributed by atoms with E-state index in [1.807, 2.05) is 43.3 Å². The molecule has 0 heterocycles. The molecule has 0 atom stereocenters. The summed E-state index contributed by atoms with van der Waals surface area (Å²) in [6.45, 7) is 3.42. The predicted molar refractivity (Wildman–Crippen MR) is 110 cm³/mol. The average Bonchev–Trinajstić information content (AvgIpc) is 2.71. The number of carbonyl (C=O) groups excluding carboxylic acids is 1. The second-order valence-electron chi connectivity index (χ2n) is 6.45. The molecule has 0 fully saturated rings. The number of hydrogen-bond donors (Lipinski definition) is 1. The highest BCUT2D eigenvalue weighted by atomic mass is 16.5. The number of rotatable bonds is 8. The van der Waals surface area contributed by atoms with Crippen LogP contribution < -0.4 is 10.1 Å². The quantitative estimate of drug-likeness (QED) is 0.441. The number of benzene rings is 3. The van der Waals surface area contributed by atoms with Gasteiger partial charge in [0.1, 0.15) is 5.75 Å². The Balaban J connectivity index is 1.50. The highest BCUT2D eigenvalue weighted by Gasteiger charge is 2.12. The fourth-order valence-electron chi connectivity index (χ4n) is 3.13. The van der Waals surface area contributed by atoms with Crippen LogP contribution in [0.2, 0.25) is 0 Å². The number of methoxy groups -OCH3 is 1. The van der Waals surface area contributed by atoms with E-state index in [2.05, 4.69) is 23.5 Å². The van der Waals surface area contributed by atoms with Crippen LogP contribution in [-0.4, -0.2) is 26.2 Å². The number of anilines is 1. The average molecular weight is 363 g/mol. The van der Waals surface area contributed by atoms with Crippen molar-refractivity contribution < 1.29 is 14.3 Å². The molecule has 1 N–H and O–H groups in total. The molecule has 0 spiro atoms. The van der Waals surface area contributed by atoms with Gasteiger partial charge in [-0.2, -0.15) is 0 Å². The summed E-state index contributed by atoms with van der Waals surface area (Å²) in [4.78, 5) is 11.9. The van der Waals surface area contributed by atoms with Crippen LogP contribution in [0.3, 0.4) is 0 Å². The second kappa shape index (κ2) is 9.08. The third kappa shape index (κ3) is 4.59. The number of unbranched alkanes of at least 4 members (excludes halogenated alkanes) is 1. The first-order valence-electron chi connectivity index (χ1n) is 9.23. The number of ether oxygens (including phenoxy) is 2. The number of para-hydroxylation sites is 1. The van der Waals surface area contributed by atoms with Crippen LogP contribution in [0.5, 0.6) is 5.75 Å². The van der Waals surface area contributed by atoms with Crippen molar-refractivity contribution in [3.05, 3.63) is 71.8 Å². The van der Waals surface area contributed by atoms with Gasteiger partial charge >= 0.3 is 5.97 Å². The standard InChI is InChI=1S/C23H25NO3/c1-17-9-7-13-20(23(25)26-2)22(17)24-15-5-6-16-27-21-14-8-11-18-10-3-4-12-19(18)21/h3-4,7-14,24H,5-6,15-16H2,1-2H3. The third-order valence-corrected chi connectivity index (χ3v) is 4.56. The normalized spacial score (nSPS) is 10.6. The SMILES string of the molecule is COC(=O)c1cccc(C)c1NCCCCOc1cccc2ccccc12. The molecule has 140 valence electrons. The summed E-state index contributed by atoms with van der Waals surface area (Å²) in [6, 6.07) is 20.0. The van der Waals surface area contributed by atoms with Crippen LogP contribution >= 0.6 is 0 Å². The van der Waals surface area contributed by atoms with E-state index in [0.717, 1.165) is 41.8 Å². The minimum atomic E-state index is -0.319. The van der Waals surface area contributed by atoms with Gasteiger partial charge in [-0.15, -0.1) is 0 Å². The smallest absolute Gasteiger partial charge is 0.339 e. The van der Waals surface area contributed by atoms with Gasteiger partial charge in [0.2, 0.25) is 0 Å². The molecule has 0 aliphatic heterocycles. The number of esters is 1. The maximum Gasteiger partial charge on any atom is 0.339 e. The third-order valence-electron chi connectivity index (χ3n) is 4.56. The van der Waals surface area contributed by atoms with Crippen LogP contribution in [0.15, 0.2) is 60.7 Å². The Morgan fingerprint density at radius 3 is 2.59 bits per heavy atom. The van der Waals surface area contributed by atoms with Crippen molar-refractivity contribution >= 4 is 22.4 Å². The molecule has 0 saturated heterocycles. The molecule has 0 saturated carbocycles. The molecule has 0 aliphatic carbocycles. The lowest BCUT2D eigenvalue weighted by Gasteiger charge is -2.14. The molecular weight excluding hydrogens is 338 g/mol. The largest absolute Gasteiger partial charge is 0.493 e. The van der Waals surface area contributed by atoms with Crippen LogP contribution in [0.25, 0.3) is 10.8 Å². The van der Waals surface area contributed by atoms with E-state index in [9.17, 15) is 4.79 Å². The Kier molecular flexibility index (Phi) is 6.31. The fraction of sp³-hybridized carbons (Fsp3) is 0.261. The maximum absolute atomic E-state index is 11.9. The highest BCUT2D eigenvalue weighted by molar-refractivity contribution is 5.96.